The largest absolute Gasteiger partial charge is 0.494 e. The highest BCUT2D eigenvalue weighted by Crippen LogP contribution is 2.17. The number of ether oxygens (including phenoxy) is 2. The van der Waals surface area contributed by atoms with Crippen molar-refractivity contribution in [2.45, 2.75) is 20.3 Å². The van der Waals surface area contributed by atoms with Crippen molar-refractivity contribution in [3.05, 3.63) is 65.2 Å². The van der Waals surface area contributed by atoms with E-state index in [9.17, 15) is 14.9 Å². The molecule has 0 spiro atoms. The van der Waals surface area contributed by atoms with Gasteiger partial charge < -0.3 is 9.47 Å². The van der Waals surface area contributed by atoms with E-state index in [0.29, 0.717) is 17.7 Å². The molecule has 132 valence electrons. The van der Waals surface area contributed by atoms with E-state index in [1.807, 2.05) is 13.0 Å². The number of carbonyl (C=O) groups is 2. The van der Waals surface area contributed by atoms with Crippen LogP contribution in [-0.2, 0) is 4.79 Å². The molecule has 0 radical (unpaired) electrons. The monoisotopic (exact) mass is 349 g/mol. The molecule has 2 aromatic carbocycles. The molecule has 0 aliphatic rings. The van der Waals surface area contributed by atoms with Crippen LogP contribution in [0.1, 0.15) is 36.2 Å². The summed E-state index contributed by atoms with van der Waals surface area (Å²) < 4.78 is 10.7. The number of hydrogen-bond acceptors (Lipinski definition) is 5. The van der Waals surface area contributed by atoms with Crippen LogP contribution in [0.15, 0.2) is 54.1 Å². The number of rotatable bonds is 7. The summed E-state index contributed by atoms with van der Waals surface area (Å²) in [5.41, 5.74) is 1.09. The van der Waals surface area contributed by atoms with E-state index in [2.05, 4.69) is 0 Å². The van der Waals surface area contributed by atoms with Gasteiger partial charge in [0.05, 0.1) is 6.61 Å². The van der Waals surface area contributed by atoms with Gasteiger partial charge in [0.25, 0.3) is 0 Å². The fraction of sp³-hybridized carbons (Fsp3) is 0.190. The van der Waals surface area contributed by atoms with Crippen molar-refractivity contribution < 1.29 is 19.1 Å². The fourth-order valence-electron chi connectivity index (χ4n) is 2.10. The van der Waals surface area contributed by atoms with Gasteiger partial charge in [-0.2, -0.15) is 5.26 Å². The Morgan fingerprint density at radius 2 is 1.65 bits per heavy atom. The normalized spacial score (nSPS) is 10.7. The molecule has 0 fully saturated rings. The van der Waals surface area contributed by atoms with E-state index in [-0.39, 0.29) is 17.1 Å². The van der Waals surface area contributed by atoms with E-state index >= 15 is 0 Å². The lowest BCUT2D eigenvalue weighted by molar-refractivity contribution is -0.129. The van der Waals surface area contributed by atoms with Crippen LogP contribution in [0.25, 0.3) is 6.08 Å². The highest BCUT2D eigenvalue weighted by molar-refractivity contribution is 5.99. The molecule has 0 amide bonds. The number of benzene rings is 2. The number of esters is 1. The Bertz CT molecular complexity index is 843. The second-order valence-electron chi connectivity index (χ2n) is 5.56. The molecule has 0 atom stereocenters. The highest BCUT2D eigenvalue weighted by Gasteiger charge is 2.12. The average molecular weight is 349 g/mol. The molecule has 0 aliphatic heterocycles. The zero-order chi connectivity index (χ0) is 18.9. The maximum absolute atomic E-state index is 12.2. The van der Waals surface area contributed by atoms with Gasteiger partial charge in [0, 0.05) is 5.56 Å². The maximum Gasteiger partial charge on any atom is 0.354 e. The van der Waals surface area contributed by atoms with Crippen molar-refractivity contribution >= 4 is 17.8 Å². The quantitative estimate of drug-likeness (QED) is 0.246. The fourth-order valence-corrected chi connectivity index (χ4v) is 2.10. The summed E-state index contributed by atoms with van der Waals surface area (Å²) in [5.74, 6) is 0.168. The lowest BCUT2D eigenvalue weighted by Crippen LogP contribution is -2.10. The van der Waals surface area contributed by atoms with Gasteiger partial charge in [-0.25, -0.2) is 4.79 Å². The van der Waals surface area contributed by atoms with Gasteiger partial charge >= 0.3 is 5.97 Å². The molecule has 0 N–H and O–H groups in total. The molecule has 0 saturated heterocycles. The van der Waals surface area contributed by atoms with Crippen molar-refractivity contribution in [2.24, 2.45) is 0 Å². The predicted octanol–water partition coefficient (Wildman–Crippen LogP) is 4.19. The van der Waals surface area contributed by atoms with Gasteiger partial charge in [0.15, 0.2) is 5.78 Å². The molecule has 2 rings (SSSR count). The van der Waals surface area contributed by atoms with Crippen LogP contribution in [0.5, 0.6) is 11.5 Å². The first kappa shape index (κ1) is 18.9. The molecule has 0 unspecified atom stereocenters. The first-order valence-corrected chi connectivity index (χ1v) is 8.21. The average Bonchev–Trinajstić information content (AvgIpc) is 2.65. The number of hydrogen-bond donors (Lipinski definition) is 0. The van der Waals surface area contributed by atoms with Crippen LogP contribution in [0, 0.1) is 11.3 Å². The minimum Gasteiger partial charge on any atom is -0.494 e. The van der Waals surface area contributed by atoms with E-state index in [1.165, 1.54) is 25.1 Å². The number of nitriles is 1. The zero-order valence-corrected chi connectivity index (χ0v) is 14.7. The third-order valence-electron chi connectivity index (χ3n) is 3.48. The summed E-state index contributed by atoms with van der Waals surface area (Å²) in [6.07, 6.45) is 2.37. The van der Waals surface area contributed by atoms with Crippen molar-refractivity contribution in [2.75, 3.05) is 6.61 Å². The summed E-state index contributed by atoms with van der Waals surface area (Å²) in [4.78, 5) is 23.4. The van der Waals surface area contributed by atoms with Gasteiger partial charge in [-0.15, -0.1) is 0 Å². The predicted molar refractivity (Wildman–Crippen MR) is 97.9 cm³/mol. The number of carbonyl (C=O) groups excluding carboxylic acids is 2. The third kappa shape index (κ3) is 5.32. The summed E-state index contributed by atoms with van der Waals surface area (Å²) in [5, 5.41) is 9.23. The minimum absolute atomic E-state index is 0.0770. The van der Waals surface area contributed by atoms with E-state index in [0.717, 1.165) is 12.2 Å². The Kier molecular flexibility index (Phi) is 6.69. The van der Waals surface area contributed by atoms with E-state index in [1.54, 1.807) is 36.4 Å². The molecule has 26 heavy (non-hydrogen) atoms. The van der Waals surface area contributed by atoms with Crippen LogP contribution in [-0.4, -0.2) is 18.4 Å². The number of ketones is 1. The van der Waals surface area contributed by atoms with Crippen molar-refractivity contribution in [3.8, 4) is 17.6 Å². The molecule has 0 saturated carbocycles. The molecule has 0 aliphatic carbocycles. The molecular weight excluding hydrogens is 330 g/mol. The van der Waals surface area contributed by atoms with Crippen molar-refractivity contribution in [1.82, 2.24) is 0 Å². The molecule has 2 aromatic rings. The van der Waals surface area contributed by atoms with Crippen molar-refractivity contribution in [1.29, 1.82) is 5.26 Å². The standard InChI is InChI=1S/C21H19NO4/c1-3-12-25-19-8-4-16(5-9-19)13-18(14-22)21(24)26-20-10-6-17(7-11-20)15(2)23/h4-11,13H,3,12H2,1-2H3. The second kappa shape index (κ2) is 9.19. The molecule has 0 bridgehead atoms. The van der Waals surface area contributed by atoms with Crippen LogP contribution >= 0.6 is 0 Å². The van der Waals surface area contributed by atoms with Gasteiger partial charge in [0.1, 0.15) is 23.1 Å². The topological polar surface area (TPSA) is 76.4 Å². The van der Waals surface area contributed by atoms with E-state index in [4.69, 9.17) is 9.47 Å². The van der Waals surface area contributed by atoms with Crippen LogP contribution in [0.4, 0.5) is 0 Å². The van der Waals surface area contributed by atoms with Gasteiger partial charge in [-0.3, -0.25) is 4.79 Å². The van der Waals surface area contributed by atoms with Gasteiger partial charge in [0.2, 0.25) is 0 Å². The Morgan fingerprint density at radius 1 is 1.04 bits per heavy atom. The molecule has 5 nitrogen and oxygen atoms in total. The zero-order valence-electron chi connectivity index (χ0n) is 14.7. The van der Waals surface area contributed by atoms with Gasteiger partial charge in [-0.1, -0.05) is 19.1 Å². The third-order valence-corrected chi connectivity index (χ3v) is 3.48. The SMILES string of the molecule is CCCOc1ccc(C=C(C#N)C(=O)Oc2ccc(C(C)=O)cc2)cc1. The summed E-state index contributed by atoms with van der Waals surface area (Å²) in [6.45, 7) is 4.11. The maximum atomic E-state index is 12.2. The molecule has 0 aromatic heterocycles. The Labute approximate surface area is 152 Å². The first-order chi connectivity index (χ1) is 12.5. The molecule has 5 heteroatoms. The van der Waals surface area contributed by atoms with Gasteiger partial charge in [-0.05, 0) is 61.4 Å². The Balaban J connectivity index is 2.08. The second-order valence-corrected chi connectivity index (χ2v) is 5.56. The molecular formula is C21H19NO4. The number of Topliss-reactive ketones (excluding diaryl/α,β-unsaturated/α-hetero) is 1. The first-order valence-electron chi connectivity index (χ1n) is 8.21. The van der Waals surface area contributed by atoms with Crippen LogP contribution in [0.3, 0.4) is 0 Å². The summed E-state index contributed by atoms with van der Waals surface area (Å²) in [6, 6.07) is 15.1. The lowest BCUT2D eigenvalue weighted by atomic mass is 10.1. The highest BCUT2D eigenvalue weighted by atomic mass is 16.5. The molecule has 0 heterocycles. The van der Waals surface area contributed by atoms with Crippen molar-refractivity contribution in [3.63, 3.8) is 0 Å². The Morgan fingerprint density at radius 3 is 2.19 bits per heavy atom. The minimum atomic E-state index is -0.755. The summed E-state index contributed by atoms with van der Waals surface area (Å²) in [7, 11) is 0. The lowest BCUT2D eigenvalue weighted by Gasteiger charge is -2.05. The van der Waals surface area contributed by atoms with Crippen LogP contribution in [0.2, 0.25) is 0 Å². The van der Waals surface area contributed by atoms with Crippen LogP contribution < -0.4 is 9.47 Å². The van der Waals surface area contributed by atoms with E-state index < -0.39 is 5.97 Å². The number of nitrogens with zero attached hydrogens (tertiary/aromatic N) is 1. The smallest absolute Gasteiger partial charge is 0.354 e. The summed E-state index contributed by atoms with van der Waals surface area (Å²) >= 11 is 0. The Hall–Kier alpha value is -3.39.